The van der Waals surface area contributed by atoms with E-state index in [9.17, 15) is 13.2 Å². The second-order valence-electron chi connectivity index (χ2n) is 3.86. The largest absolute Gasteiger partial charge is 0.380 e. The molecule has 0 radical (unpaired) electrons. The lowest BCUT2D eigenvalue weighted by Crippen LogP contribution is -2.25. The molecule has 0 N–H and O–H groups in total. The van der Waals surface area contributed by atoms with E-state index in [2.05, 4.69) is 0 Å². The van der Waals surface area contributed by atoms with Crippen molar-refractivity contribution >= 4 is 15.6 Å². The number of sulfone groups is 1. The maximum atomic E-state index is 12.0. The summed E-state index contributed by atoms with van der Waals surface area (Å²) in [6, 6.07) is 8.16. The Bertz CT molecular complexity index is 465. The van der Waals surface area contributed by atoms with Crippen LogP contribution in [0, 0.1) is 0 Å². The maximum absolute atomic E-state index is 12.0. The van der Waals surface area contributed by atoms with Crippen LogP contribution in [0.4, 0.5) is 0 Å². The third-order valence-electron chi connectivity index (χ3n) is 2.36. The zero-order chi connectivity index (χ0) is 12.9. The van der Waals surface area contributed by atoms with Crippen molar-refractivity contribution in [3.8, 4) is 0 Å². The fraction of sp³-hybridized carbons (Fsp3) is 0.417. The van der Waals surface area contributed by atoms with Crippen molar-refractivity contribution < 1.29 is 17.9 Å². The molecule has 0 spiro atoms. The molecule has 0 bridgehead atoms. The molecule has 0 saturated carbocycles. The monoisotopic (exact) mass is 256 g/mol. The Balaban J connectivity index is 2.82. The van der Waals surface area contributed by atoms with E-state index in [1.54, 1.807) is 18.2 Å². The van der Waals surface area contributed by atoms with Gasteiger partial charge < -0.3 is 4.74 Å². The zero-order valence-electron chi connectivity index (χ0n) is 9.92. The van der Waals surface area contributed by atoms with Gasteiger partial charge in [0, 0.05) is 13.5 Å². The van der Waals surface area contributed by atoms with E-state index < -0.39 is 15.9 Å². The molecule has 0 heterocycles. The molecule has 0 aromatic heterocycles. The van der Waals surface area contributed by atoms with Crippen LogP contribution in [-0.4, -0.2) is 33.2 Å². The third-order valence-corrected chi connectivity index (χ3v) is 4.16. The maximum Gasteiger partial charge on any atom is 0.180 e. The highest BCUT2D eigenvalue weighted by Gasteiger charge is 2.21. The molecule has 0 aliphatic carbocycles. The van der Waals surface area contributed by atoms with Gasteiger partial charge in [-0.3, -0.25) is 4.79 Å². The minimum atomic E-state index is -3.39. The Morgan fingerprint density at radius 1 is 1.29 bits per heavy atom. The second-order valence-corrected chi connectivity index (χ2v) is 5.89. The van der Waals surface area contributed by atoms with Crippen molar-refractivity contribution in [2.75, 3.05) is 12.9 Å². The molecule has 0 saturated heterocycles. The number of ether oxygens (including phenoxy) is 1. The van der Waals surface area contributed by atoms with E-state index >= 15 is 0 Å². The summed E-state index contributed by atoms with van der Waals surface area (Å²) >= 11 is 0. The van der Waals surface area contributed by atoms with Crippen LogP contribution in [0.2, 0.25) is 0 Å². The van der Waals surface area contributed by atoms with Gasteiger partial charge in [0.15, 0.2) is 9.84 Å². The van der Waals surface area contributed by atoms with Crippen molar-refractivity contribution in [3.63, 3.8) is 0 Å². The van der Waals surface area contributed by atoms with Crippen molar-refractivity contribution in [2.45, 2.75) is 24.3 Å². The Kier molecular flexibility index (Phi) is 4.84. The number of methoxy groups -OCH3 is 1. The van der Waals surface area contributed by atoms with Gasteiger partial charge >= 0.3 is 0 Å². The first-order valence-electron chi connectivity index (χ1n) is 5.25. The molecule has 1 rings (SSSR count). The Morgan fingerprint density at radius 3 is 2.35 bits per heavy atom. The summed E-state index contributed by atoms with van der Waals surface area (Å²) in [6.45, 7) is 1.42. The van der Waals surface area contributed by atoms with Gasteiger partial charge in [0.2, 0.25) is 0 Å². The van der Waals surface area contributed by atoms with Crippen LogP contribution in [0.15, 0.2) is 35.2 Å². The van der Waals surface area contributed by atoms with Crippen LogP contribution in [0.1, 0.15) is 13.3 Å². The van der Waals surface area contributed by atoms with E-state index in [4.69, 9.17) is 4.74 Å². The summed E-state index contributed by atoms with van der Waals surface area (Å²) in [6.07, 6.45) is -0.472. The first-order valence-corrected chi connectivity index (χ1v) is 6.91. The summed E-state index contributed by atoms with van der Waals surface area (Å²) in [7, 11) is -1.98. The van der Waals surface area contributed by atoms with Gasteiger partial charge in [-0.05, 0) is 19.1 Å². The average Bonchev–Trinajstić information content (AvgIpc) is 2.28. The van der Waals surface area contributed by atoms with Crippen LogP contribution < -0.4 is 0 Å². The van der Waals surface area contributed by atoms with Gasteiger partial charge in [0.25, 0.3) is 0 Å². The first-order chi connectivity index (χ1) is 7.95. The minimum Gasteiger partial charge on any atom is -0.380 e. The molecular weight excluding hydrogens is 240 g/mol. The number of carbonyl (C=O) groups is 1. The highest BCUT2D eigenvalue weighted by Crippen LogP contribution is 2.13. The Morgan fingerprint density at radius 2 is 1.88 bits per heavy atom. The van der Waals surface area contributed by atoms with Crippen molar-refractivity contribution in [1.29, 1.82) is 0 Å². The SMILES string of the molecule is COC(CC(C)=O)CS(=O)(=O)c1ccccc1. The standard InChI is InChI=1S/C12H16O4S/c1-10(13)8-11(16-2)9-17(14,15)12-6-4-3-5-7-12/h3-7,11H,8-9H2,1-2H3. The molecule has 0 aliphatic rings. The van der Waals surface area contributed by atoms with E-state index in [0.717, 1.165) is 0 Å². The smallest absolute Gasteiger partial charge is 0.180 e. The molecular formula is C12H16O4S. The van der Waals surface area contributed by atoms with Gasteiger partial charge in [-0.15, -0.1) is 0 Å². The van der Waals surface area contributed by atoms with Crippen LogP contribution in [-0.2, 0) is 19.4 Å². The minimum absolute atomic E-state index is 0.0832. The number of benzene rings is 1. The molecule has 1 unspecified atom stereocenters. The summed E-state index contributed by atoms with van der Waals surface area (Å²) in [5.41, 5.74) is 0. The zero-order valence-corrected chi connectivity index (χ0v) is 10.7. The lowest BCUT2D eigenvalue weighted by Gasteiger charge is -2.13. The van der Waals surface area contributed by atoms with E-state index in [-0.39, 0.29) is 22.9 Å². The molecule has 5 heteroatoms. The molecule has 0 fully saturated rings. The van der Waals surface area contributed by atoms with Gasteiger partial charge in [-0.1, -0.05) is 18.2 Å². The van der Waals surface area contributed by atoms with Crippen LogP contribution in [0.5, 0.6) is 0 Å². The molecule has 0 aliphatic heterocycles. The molecule has 94 valence electrons. The number of Topliss-reactive ketones (excluding diaryl/α,β-unsaturated/α-hetero) is 1. The average molecular weight is 256 g/mol. The number of carbonyl (C=O) groups excluding carboxylic acids is 1. The summed E-state index contributed by atoms with van der Waals surface area (Å²) in [5.74, 6) is -0.257. The summed E-state index contributed by atoms with van der Waals surface area (Å²) in [5, 5.41) is 0. The van der Waals surface area contributed by atoms with Gasteiger partial charge in [0.05, 0.1) is 16.8 Å². The van der Waals surface area contributed by atoms with Crippen LogP contribution >= 0.6 is 0 Å². The van der Waals surface area contributed by atoms with Gasteiger partial charge in [-0.2, -0.15) is 0 Å². The second kappa shape index (κ2) is 5.93. The van der Waals surface area contributed by atoms with Crippen LogP contribution in [0.25, 0.3) is 0 Å². The summed E-state index contributed by atoms with van der Waals surface area (Å²) in [4.78, 5) is 11.2. The number of hydrogen-bond acceptors (Lipinski definition) is 4. The summed E-state index contributed by atoms with van der Waals surface area (Å²) < 4.78 is 29.0. The lowest BCUT2D eigenvalue weighted by molar-refractivity contribution is -0.119. The molecule has 17 heavy (non-hydrogen) atoms. The highest BCUT2D eigenvalue weighted by molar-refractivity contribution is 7.91. The third kappa shape index (κ3) is 4.28. The quantitative estimate of drug-likeness (QED) is 0.773. The van der Waals surface area contributed by atoms with Gasteiger partial charge in [-0.25, -0.2) is 8.42 Å². The fourth-order valence-electron chi connectivity index (χ4n) is 1.50. The predicted octanol–water partition coefficient (Wildman–Crippen LogP) is 1.45. The van der Waals surface area contributed by atoms with E-state index in [1.165, 1.54) is 26.2 Å². The van der Waals surface area contributed by atoms with Crippen molar-refractivity contribution in [3.05, 3.63) is 30.3 Å². The number of hydrogen-bond donors (Lipinski definition) is 0. The molecule has 1 aromatic carbocycles. The number of rotatable bonds is 6. The van der Waals surface area contributed by atoms with Crippen LogP contribution in [0.3, 0.4) is 0 Å². The Hall–Kier alpha value is -1.20. The normalized spacial score (nSPS) is 13.3. The molecule has 1 aromatic rings. The van der Waals surface area contributed by atoms with Gasteiger partial charge in [0.1, 0.15) is 5.78 Å². The topological polar surface area (TPSA) is 60.4 Å². The first kappa shape index (κ1) is 13.9. The molecule has 1 atom stereocenters. The molecule has 0 amide bonds. The number of ketones is 1. The van der Waals surface area contributed by atoms with E-state index in [1.807, 2.05) is 0 Å². The lowest BCUT2D eigenvalue weighted by atomic mass is 10.2. The van der Waals surface area contributed by atoms with Crippen molar-refractivity contribution in [2.24, 2.45) is 0 Å². The highest BCUT2D eigenvalue weighted by atomic mass is 32.2. The predicted molar refractivity (Wildman–Crippen MR) is 64.6 cm³/mol. The van der Waals surface area contributed by atoms with E-state index in [0.29, 0.717) is 0 Å². The van der Waals surface area contributed by atoms with Crippen molar-refractivity contribution in [1.82, 2.24) is 0 Å². The Labute approximate surface area is 102 Å². The molecule has 4 nitrogen and oxygen atoms in total. The fourth-order valence-corrected chi connectivity index (χ4v) is 3.01.